The Morgan fingerprint density at radius 1 is 1.20 bits per heavy atom. The fraction of sp³-hybridized carbons (Fsp3) is 0.417. The Kier molecular flexibility index (Phi) is 7.85. The number of nitrogens with zero attached hydrogens (tertiary/aromatic N) is 2. The summed E-state index contributed by atoms with van der Waals surface area (Å²) in [6.45, 7) is 9.05. The smallest absolute Gasteiger partial charge is 0.244 e. The summed E-state index contributed by atoms with van der Waals surface area (Å²) < 4.78 is 11.3. The van der Waals surface area contributed by atoms with E-state index in [-0.39, 0.29) is 18.1 Å². The number of benzene rings is 1. The SMILES string of the molecule is CCCOc1ccc(/C=C/C(=O)NCc2ccc(N3CC(C)OC(C)C3)nc2)cc1. The second-order valence-electron chi connectivity index (χ2n) is 7.66. The minimum atomic E-state index is -0.138. The Hall–Kier alpha value is -2.86. The van der Waals surface area contributed by atoms with Crippen molar-refractivity contribution in [2.75, 3.05) is 24.6 Å². The van der Waals surface area contributed by atoms with Gasteiger partial charge in [-0.25, -0.2) is 4.98 Å². The monoisotopic (exact) mass is 409 g/mol. The molecule has 2 unspecified atom stereocenters. The molecule has 2 heterocycles. The van der Waals surface area contributed by atoms with Crippen LogP contribution >= 0.6 is 0 Å². The minimum Gasteiger partial charge on any atom is -0.494 e. The number of hydrogen-bond acceptors (Lipinski definition) is 5. The minimum absolute atomic E-state index is 0.138. The van der Waals surface area contributed by atoms with E-state index in [0.29, 0.717) is 13.2 Å². The number of rotatable bonds is 8. The predicted octanol–water partition coefficient (Wildman–Crippen LogP) is 3.81. The molecular weight excluding hydrogens is 378 g/mol. The van der Waals surface area contributed by atoms with Crippen molar-refractivity contribution < 1.29 is 14.3 Å². The van der Waals surface area contributed by atoms with E-state index in [2.05, 4.69) is 36.0 Å². The molecule has 30 heavy (non-hydrogen) atoms. The molecule has 1 amide bonds. The number of carbonyl (C=O) groups is 1. The van der Waals surface area contributed by atoms with Crippen molar-refractivity contribution in [3.05, 3.63) is 59.8 Å². The van der Waals surface area contributed by atoms with Gasteiger partial charge in [0.15, 0.2) is 0 Å². The summed E-state index contributed by atoms with van der Waals surface area (Å²) in [6.07, 6.45) is 6.52. The zero-order valence-electron chi connectivity index (χ0n) is 18.0. The molecule has 0 aliphatic carbocycles. The lowest BCUT2D eigenvalue weighted by Crippen LogP contribution is -2.45. The van der Waals surface area contributed by atoms with E-state index in [4.69, 9.17) is 9.47 Å². The highest BCUT2D eigenvalue weighted by Gasteiger charge is 2.22. The van der Waals surface area contributed by atoms with Crippen LogP contribution in [-0.2, 0) is 16.1 Å². The molecule has 1 aromatic heterocycles. The Balaban J connectivity index is 1.47. The summed E-state index contributed by atoms with van der Waals surface area (Å²) in [5.74, 6) is 1.65. The van der Waals surface area contributed by atoms with Gasteiger partial charge in [-0.2, -0.15) is 0 Å². The van der Waals surface area contributed by atoms with Crippen molar-refractivity contribution in [2.24, 2.45) is 0 Å². The maximum absolute atomic E-state index is 12.1. The molecule has 0 saturated carbocycles. The number of amides is 1. The van der Waals surface area contributed by atoms with Crippen molar-refractivity contribution in [1.82, 2.24) is 10.3 Å². The van der Waals surface area contributed by atoms with Crippen molar-refractivity contribution >= 4 is 17.8 Å². The molecule has 6 nitrogen and oxygen atoms in total. The van der Waals surface area contributed by atoms with Gasteiger partial charge < -0.3 is 19.7 Å². The molecule has 0 radical (unpaired) electrons. The molecule has 160 valence electrons. The summed E-state index contributed by atoms with van der Waals surface area (Å²) >= 11 is 0. The second kappa shape index (κ2) is 10.8. The molecular formula is C24H31N3O3. The highest BCUT2D eigenvalue weighted by atomic mass is 16.5. The van der Waals surface area contributed by atoms with E-state index in [0.717, 1.165) is 42.2 Å². The first kappa shape index (κ1) is 21.8. The van der Waals surface area contributed by atoms with Gasteiger partial charge >= 0.3 is 0 Å². The molecule has 2 aromatic rings. The number of anilines is 1. The van der Waals surface area contributed by atoms with Crippen LogP contribution in [-0.4, -0.2) is 42.8 Å². The quantitative estimate of drug-likeness (QED) is 0.672. The van der Waals surface area contributed by atoms with E-state index in [1.165, 1.54) is 0 Å². The highest BCUT2D eigenvalue weighted by molar-refractivity contribution is 5.91. The third-order valence-corrected chi connectivity index (χ3v) is 4.80. The molecule has 1 fully saturated rings. The zero-order valence-corrected chi connectivity index (χ0v) is 18.0. The van der Waals surface area contributed by atoms with Crippen LogP contribution in [0.25, 0.3) is 6.08 Å². The first-order chi connectivity index (χ1) is 14.5. The standard InChI is InChI=1S/C24H31N3O3/c1-4-13-29-22-9-5-20(6-10-22)8-12-24(28)26-15-21-7-11-23(25-14-21)27-16-18(2)30-19(3)17-27/h5-12,14,18-19H,4,13,15-17H2,1-3H3,(H,26,28)/b12-8+. The number of pyridine rings is 1. The van der Waals surface area contributed by atoms with E-state index >= 15 is 0 Å². The summed E-state index contributed by atoms with van der Waals surface area (Å²) in [6, 6.07) is 11.7. The van der Waals surface area contributed by atoms with Crippen LogP contribution < -0.4 is 15.0 Å². The lowest BCUT2D eigenvalue weighted by atomic mass is 10.2. The number of aromatic nitrogens is 1. The van der Waals surface area contributed by atoms with Gasteiger partial charge in [0.05, 0.1) is 18.8 Å². The molecule has 1 N–H and O–H groups in total. The first-order valence-electron chi connectivity index (χ1n) is 10.6. The molecule has 1 aromatic carbocycles. The largest absolute Gasteiger partial charge is 0.494 e. The van der Waals surface area contributed by atoms with Gasteiger partial charge in [0.2, 0.25) is 5.91 Å². The van der Waals surface area contributed by atoms with Gasteiger partial charge in [0.25, 0.3) is 0 Å². The summed E-state index contributed by atoms with van der Waals surface area (Å²) in [4.78, 5) is 18.9. The normalized spacial score (nSPS) is 19.1. The molecule has 6 heteroatoms. The molecule has 1 saturated heterocycles. The van der Waals surface area contributed by atoms with Crippen molar-refractivity contribution in [2.45, 2.75) is 45.9 Å². The second-order valence-corrected chi connectivity index (χ2v) is 7.66. The number of nitrogens with one attached hydrogen (secondary N) is 1. The average Bonchev–Trinajstić information content (AvgIpc) is 2.75. The first-order valence-corrected chi connectivity index (χ1v) is 10.6. The van der Waals surface area contributed by atoms with Crippen LogP contribution in [0.2, 0.25) is 0 Å². The lowest BCUT2D eigenvalue weighted by Gasteiger charge is -2.36. The van der Waals surface area contributed by atoms with Crippen molar-refractivity contribution in [1.29, 1.82) is 0 Å². The van der Waals surface area contributed by atoms with E-state index in [1.807, 2.05) is 42.6 Å². The van der Waals surface area contributed by atoms with Gasteiger partial charge in [0.1, 0.15) is 11.6 Å². The maximum atomic E-state index is 12.1. The van der Waals surface area contributed by atoms with Crippen LogP contribution in [0.4, 0.5) is 5.82 Å². The highest BCUT2D eigenvalue weighted by Crippen LogP contribution is 2.18. The Morgan fingerprint density at radius 3 is 2.57 bits per heavy atom. The van der Waals surface area contributed by atoms with E-state index in [1.54, 1.807) is 12.2 Å². The zero-order chi connectivity index (χ0) is 21.3. The van der Waals surface area contributed by atoms with Gasteiger partial charge in [-0.1, -0.05) is 25.1 Å². The van der Waals surface area contributed by atoms with Crippen LogP contribution in [0.1, 0.15) is 38.3 Å². The molecule has 2 atom stereocenters. The number of ether oxygens (including phenoxy) is 2. The van der Waals surface area contributed by atoms with Gasteiger partial charge in [-0.15, -0.1) is 0 Å². The number of carbonyl (C=O) groups excluding carboxylic acids is 1. The van der Waals surface area contributed by atoms with Crippen molar-refractivity contribution in [3.8, 4) is 5.75 Å². The lowest BCUT2D eigenvalue weighted by molar-refractivity contribution is -0.116. The fourth-order valence-electron chi connectivity index (χ4n) is 3.39. The Morgan fingerprint density at radius 2 is 1.93 bits per heavy atom. The van der Waals surface area contributed by atoms with Gasteiger partial charge in [-0.05, 0) is 55.7 Å². The van der Waals surface area contributed by atoms with E-state index in [9.17, 15) is 4.79 Å². The van der Waals surface area contributed by atoms with Crippen LogP contribution in [0, 0.1) is 0 Å². The van der Waals surface area contributed by atoms with Crippen LogP contribution in [0.5, 0.6) is 5.75 Å². The average molecular weight is 410 g/mol. The molecule has 0 bridgehead atoms. The van der Waals surface area contributed by atoms with E-state index < -0.39 is 0 Å². The topological polar surface area (TPSA) is 63.7 Å². The Bertz CT molecular complexity index is 824. The molecule has 1 aliphatic rings. The number of morpholine rings is 1. The summed E-state index contributed by atoms with van der Waals surface area (Å²) in [5.41, 5.74) is 1.92. The van der Waals surface area contributed by atoms with Crippen molar-refractivity contribution in [3.63, 3.8) is 0 Å². The number of hydrogen-bond donors (Lipinski definition) is 1. The van der Waals surface area contributed by atoms with Gasteiger partial charge in [0, 0.05) is 31.9 Å². The maximum Gasteiger partial charge on any atom is 0.244 e. The molecule has 3 rings (SSSR count). The summed E-state index contributed by atoms with van der Waals surface area (Å²) in [5, 5.41) is 2.90. The molecule has 0 spiro atoms. The fourth-order valence-corrected chi connectivity index (χ4v) is 3.39. The van der Waals surface area contributed by atoms with Crippen LogP contribution in [0.15, 0.2) is 48.7 Å². The van der Waals surface area contributed by atoms with Gasteiger partial charge in [-0.3, -0.25) is 4.79 Å². The molecule has 1 aliphatic heterocycles. The summed E-state index contributed by atoms with van der Waals surface area (Å²) in [7, 11) is 0. The Labute approximate surface area is 178 Å². The third-order valence-electron chi connectivity index (χ3n) is 4.80. The van der Waals surface area contributed by atoms with Crippen LogP contribution in [0.3, 0.4) is 0 Å². The third kappa shape index (κ3) is 6.59. The predicted molar refractivity (Wildman–Crippen MR) is 120 cm³/mol.